The van der Waals surface area contributed by atoms with Crippen LogP contribution in [0.1, 0.15) is 30.9 Å². The second-order valence-corrected chi connectivity index (χ2v) is 4.97. The van der Waals surface area contributed by atoms with Crippen molar-refractivity contribution in [2.24, 2.45) is 5.73 Å². The standard InChI is InChI=1S/C15H22N2O/c1-2-12-5-7-13(8-6-12)10-15(18)17-9-3-4-14(17)11-16/h5-8,14H,2-4,9-11,16H2,1H3. The van der Waals surface area contributed by atoms with E-state index in [1.807, 2.05) is 4.90 Å². The third-order valence-corrected chi connectivity index (χ3v) is 3.76. The number of aryl methyl sites for hydroxylation is 1. The van der Waals surface area contributed by atoms with Gasteiger partial charge in [0.1, 0.15) is 0 Å². The van der Waals surface area contributed by atoms with E-state index in [0.29, 0.717) is 13.0 Å². The molecular weight excluding hydrogens is 224 g/mol. The molecule has 0 saturated carbocycles. The molecule has 1 unspecified atom stereocenters. The summed E-state index contributed by atoms with van der Waals surface area (Å²) in [4.78, 5) is 14.2. The lowest BCUT2D eigenvalue weighted by molar-refractivity contribution is -0.131. The van der Waals surface area contributed by atoms with Gasteiger partial charge in [-0.1, -0.05) is 31.2 Å². The Kier molecular flexibility index (Phi) is 4.37. The van der Waals surface area contributed by atoms with Crippen LogP contribution in [0.5, 0.6) is 0 Å². The number of rotatable bonds is 4. The van der Waals surface area contributed by atoms with E-state index in [0.717, 1.165) is 31.4 Å². The zero-order chi connectivity index (χ0) is 13.0. The molecule has 0 radical (unpaired) electrons. The van der Waals surface area contributed by atoms with Gasteiger partial charge < -0.3 is 10.6 Å². The summed E-state index contributed by atoms with van der Waals surface area (Å²) in [6, 6.07) is 8.58. The largest absolute Gasteiger partial charge is 0.338 e. The molecule has 1 aliphatic rings. The van der Waals surface area contributed by atoms with Crippen molar-refractivity contribution in [3.63, 3.8) is 0 Å². The average molecular weight is 246 g/mol. The molecule has 3 heteroatoms. The lowest BCUT2D eigenvalue weighted by Gasteiger charge is -2.23. The SMILES string of the molecule is CCc1ccc(CC(=O)N2CCCC2CN)cc1. The van der Waals surface area contributed by atoms with Crippen LogP contribution in [0.25, 0.3) is 0 Å². The number of hydrogen-bond donors (Lipinski definition) is 1. The van der Waals surface area contributed by atoms with Gasteiger partial charge >= 0.3 is 0 Å². The maximum absolute atomic E-state index is 12.2. The first-order valence-corrected chi connectivity index (χ1v) is 6.82. The van der Waals surface area contributed by atoms with Crippen LogP contribution in [0.3, 0.4) is 0 Å². The Morgan fingerprint density at radius 3 is 2.61 bits per heavy atom. The number of amides is 1. The topological polar surface area (TPSA) is 46.3 Å². The highest BCUT2D eigenvalue weighted by molar-refractivity contribution is 5.79. The summed E-state index contributed by atoms with van der Waals surface area (Å²) in [6.07, 6.45) is 3.68. The second-order valence-electron chi connectivity index (χ2n) is 4.97. The van der Waals surface area contributed by atoms with E-state index in [9.17, 15) is 4.79 Å². The molecule has 0 bridgehead atoms. The van der Waals surface area contributed by atoms with Gasteiger partial charge in [0.15, 0.2) is 0 Å². The number of carbonyl (C=O) groups excluding carboxylic acids is 1. The molecule has 1 amide bonds. The van der Waals surface area contributed by atoms with E-state index in [2.05, 4.69) is 31.2 Å². The quantitative estimate of drug-likeness (QED) is 0.879. The maximum Gasteiger partial charge on any atom is 0.227 e. The van der Waals surface area contributed by atoms with E-state index >= 15 is 0 Å². The molecule has 2 rings (SSSR count). The first-order chi connectivity index (χ1) is 8.74. The van der Waals surface area contributed by atoms with Gasteiger partial charge in [0, 0.05) is 19.1 Å². The number of likely N-dealkylation sites (tertiary alicyclic amines) is 1. The third kappa shape index (κ3) is 2.91. The molecule has 1 atom stereocenters. The Morgan fingerprint density at radius 2 is 2.00 bits per heavy atom. The predicted octanol–water partition coefficient (Wildman–Crippen LogP) is 1.74. The zero-order valence-electron chi connectivity index (χ0n) is 11.1. The predicted molar refractivity (Wildman–Crippen MR) is 73.3 cm³/mol. The molecule has 0 aromatic heterocycles. The van der Waals surface area contributed by atoms with E-state index in [4.69, 9.17) is 5.73 Å². The Balaban J connectivity index is 1.97. The summed E-state index contributed by atoms with van der Waals surface area (Å²) in [6.45, 7) is 3.59. The van der Waals surface area contributed by atoms with E-state index in [-0.39, 0.29) is 11.9 Å². The van der Waals surface area contributed by atoms with Crippen molar-refractivity contribution >= 4 is 5.91 Å². The van der Waals surface area contributed by atoms with Gasteiger partial charge in [-0.3, -0.25) is 4.79 Å². The highest BCUT2D eigenvalue weighted by Crippen LogP contribution is 2.18. The van der Waals surface area contributed by atoms with Crippen molar-refractivity contribution in [3.05, 3.63) is 35.4 Å². The van der Waals surface area contributed by atoms with E-state index in [1.54, 1.807) is 0 Å². The molecule has 1 aromatic carbocycles. The number of hydrogen-bond acceptors (Lipinski definition) is 2. The summed E-state index contributed by atoms with van der Waals surface area (Å²) >= 11 is 0. The lowest BCUT2D eigenvalue weighted by Crippen LogP contribution is -2.40. The highest BCUT2D eigenvalue weighted by Gasteiger charge is 2.27. The van der Waals surface area contributed by atoms with Crippen LogP contribution in [0.2, 0.25) is 0 Å². The first kappa shape index (κ1) is 13.1. The van der Waals surface area contributed by atoms with Gasteiger partial charge in [-0.2, -0.15) is 0 Å². The van der Waals surface area contributed by atoms with Crippen LogP contribution < -0.4 is 5.73 Å². The monoisotopic (exact) mass is 246 g/mol. The van der Waals surface area contributed by atoms with Gasteiger partial charge in [-0.15, -0.1) is 0 Å². The minimum Gasteiger partial charge on any atom is -0.338 e. The van der Waals surface area contributed by atoms with Crippen LogP contribution in [-0.4, -0.2) is 29.9 Å². The molecule has 1 aliphatic heterocycles. The van der Waals surface area contributed by atoms with E-state index in [1.165, 1.54) is 5.56 Å². The van der Waals surface area contributed by atoms with Gasteiger partial charge in [0.05, 0.1) is 6.42 Å². The number of nitrogens with two attached hydrogens (primary N) is 1. The van der Waals surface area contributed by atoms with Gasteiger partial charge in [-0.25, -0.2) is 0 Å². The Bertz CT molecular complexity index is 399. The molecule has 1 saturated heterocycles. The molecule has 1 aromatic rings. The molecule has 0 spiro atoms. The fourth-order valence-electron chi connectivity index (χ4n) is 2.58. The van der Waals surface area contributed by atoms with Crippen molar-refractivity contribution in [2.45, 2.75) is 38.6 Å². The number of carbonyl (C=O) groups is 1. The number of benzene rings is 1. The van der Waals surface area contributed by atoms with Crippen LogP contribution in [0.4, 0.5) is 0 Å². The van der Waals surface area contributed by atoms with Crippen molar-refractivity contribution in [3.8, 4) is 0 Å². The Hall–Kier alpha value is -1.35. The number of nitrogens with zero attached hydrogens (tertiary/aromatic N) is 1. The molecule has 1 heterocycles. The second kappa shape index (κ2) is 6.01. The van der Waals surface area contributed by atoms with Crippen LogP contribution in [-0.2, 0) is 17.6 Å². The average Bonchev–Trinajstić information content (AvgIpc) is 2.88. The fraction of sp³-hybridized carbons (Fsp3) is 0.533. The van der Waals surface area contributed by atoms with Crippen LogP contribution in [0, 0.1) is 0 Å². The molecular formula is C15H22N2O. The normalized spacial score (nSPS) is 19.2. The Morgan fingerprint density at radius 1 is 1.33 bits per heavy atom. The smallest absolute Gasteiger partial charge is 0.227 e. The molecule has 3 nitrogen and oxygen atoms in total. The van der Waals surface area contributed by atoms with Gasteiger partial charge in [0.25, 0.3) is 0 Å². The minimum absolute atomic E-state index is 0.215. The summed E-state index contributed by atoms with van der Waals surface area (Å²) in [7, 11) is 0. The molecule has 1 fully saturated rings. The maximum atomic E-state index is 12.2. The van der Waals surface area contributed by atoms with E-state index < -0.39 is 0 Å². The summed E-state index contributed by atoms with van der Waals surface area (Å²) in [5.74, 6) is 0.215. The first-order valence-electron chi connectivity index (χ1n) is 6.82. The van der Waals surface area contributed by atoms with Gasteiger partial charge in [-0.05, 0) is 30.4 Å². The molecule has 18 heavy (non-hydrogen) atoms. The highest BCUT2D eigenvalue weighted by atomic mass is 16.2. The molecule has 2 N–H and O–H groups in total. The van der Waals surface area contributed by atoms with Crippen molar-refractivity contribution in [2.75, 3.05) is 13.1 Å². The summed E-state index contributed by atoms with van der Waals surface area (Å²) in [5, 5.41) is 0. The minimum atomic E-state index is 0.215. The van der Waals surface area contributed by atoms with Crippen molar-refractivity contribution in [1.82, 2.24) is 4.90 Å². The summed E-state index contributed by atoms with van der Waals surface area (Å²) < 4.78 is 0. The van der Waals surface area contributed by atoms with Crippen molar-refractivity contribution < 1.29 is 4.79 Å². The summed E-state index contributed by atoms with van der Waals surface area (Å²) in [5.41, 5.74) is 8.11. The lowest BCUT2D eigenvalue weighted by atomic mass is 10.1. The zero-order valence-corrected chi connectivity index (χ0v) is 11.1. The van der Waals surface area contributed by atoms with Crippen molar-refractivity contribution in [1.29, 1.82) is 0 Å². The molecule has 0 aliphatic carbocycles. The Labute approximate surface area is 109 Å². The third-order valence-electron chi connectivity index (χ3n) is 3.76. The van der Waals surface area contributed by atoms with Gasteiger partial charge in [0.2, 0.25) is 5.91 Å². The van der Waals surface area contributed by atoms with Crippen LogP contribution >= 0.6 is 0 Å². The molecule has 98 valence electrons. The fourth-order valence-corrected chi connectivity index (χ4v) is 2.58. The van der Waals surface area contributed by atoms with Crippen LogP contribution in [0.15, 0.2) is 24.3 Å².